The van der Waals surface area contributed by atoms with Crippen LogP contribution in [-0.2, 0) is 17.5 Å². The van der Waals surface area contributed by atoms with Crippen LogP contribution >= 0.6 is 0 Å². The summed E-state index contributed by atoms with van der Waals surface area (Å²) in [5, 5.41) is 10.5. The van der Waals surface area contributed by atoms with Crippen LogP contribution in [0.4, 0.5) is 22.4 Å². The Balaban J connectivity index is 1.06. The molecule has 0 radical (unpaired) electrons. The number of piperidine rings is 1. The van der Waals surface area contributed by atoms with Crippen molar-refractivity contribution >= 4 is 23.0 Å². The van der Waals surface area contributed by atoms with Crippen molar-refractivity contribution in [1.82, 2.24) is 30.1 Å². The van der Waals surface area contributed by atoms with E-state index >= 15 is 0 Å². The van der Waals surface area contributed by atoms with Gasteiger partial charge in [0.25, 0.3) is 5.91 Å². The van der Waals surface area contributed by atoms with Crippen molar-refractivity contribution in [1.29, 1.82) is 0 Å². The number of alkyl halides is 3. The number of carbonyl (C=O) groups excluding carboxylic acids is 2. The third-order valence-corrected chi connectivity index (χ3v) is 7.14. The Morgan fingerprint density at radius 3 is 2.39 bits per heavy atom. The molecule has 0 unspecified atom stereocenters. The van der Waals surface area contributed by atoms with Gasteiger partial charge >= 0.3 is 12.3 Å². The van der Waals surface area contributed by atoms with E-state index in [2.05, 4.69) is 20.3 Å². The highest BCUT2D eigenvalue weighted by molar-refractivity contribution is 5.97. The van der Waals surface area contributed by atoms with Crippen LogP contribution in [0.2, 0.25) is 0 Å². The third kappa shape index (κ3) is 5.57. The summed E-state index contributed by atoms with van der Waals surface area (Å²) in [6.07, 6.45) is -3.82. The van der Waals surface area contributed by atoms with Crippen molar-refractivity contribution in [2.75, 3.05) is 39.3 Å². The van der Waals surface area contributed by atoms with Gasteiger partial charge in [0.15, 0.2) is 0 Å². The number of nitrogens with zero attached hydrogens (tertiary/aromatic N) is 5. The second kappa shape index (κ2) is 10.6. The Morgan fingerprint density at radius 1 is 0.974 bits per heavy atom. The summed E-state index contributed by atoms with van der Waals surface area (Å²) in [6.45, 7) is 3.10. The summed E-state index contributed by atoms with van der Waals surface area (Å²) < 4.78 is 57.3. The highest BCUT2D eigenvalue weighted by Gasteiger charge is 2.32. The lowest BCUT2D eigenvalue weighted by atomic mass is 10.0. The SMILES string of the molecule is O=C(OCc1ccc(C(F)(F)F)cc1F)N1CCC(N2CCN(C(=O)c3ccc4[nH]nnc4c3)CC2)CC1. The van der Waals surface area contributed by atoms with Gasteiger partial charge in [0.2, 0.25) is 0 Å². The molecule has 2 saturated heterocycles. The quantitative estimate of drug-likeness (QED) is 0.514. The molecule has 0 bridgehead atoms. The van der Waals surface area contributed by atoms with Gasteiger partial charge in [0, 0.05) is 56.4 Å². The smallest absolute Gasteiger partial charge is 0.416 e. The van der Waals surface area contributed by atoms with Crippen LogP contribution in [0.15, 0.2) is 36.4 Å². The summed E-state index contributed by atoms with van der Waals surface area (Å²) in [5.41, 5.74) is 0.778. The van der Waals surface area contributed by atoms with Gasteiger partial charge in [-0.2, -0.15) is 13.2 Å². The predicted octanol–water partition coefficient (Wildman–Crippen LogP) is 3.67. The highest BCUT2D eigenvalue weighted by Crippen LogP contribution is 2.30. The lowest BCUT2D eigenvalue weighted by Crippen LogP contribution is -2.54. The molecule has 1 aromatic heterocycles. The van der Waals surface area contributed by atoms with Crippen LogP contribution in [0.5, 0.6) is 0 Å². The number of nitrogens with one attached hydrogen (secondary N) is 1. The fraction of sp³-hybridized carbons (Fsp3) is 0.440. The molecule has 2 amide bonds. The molecule has 202 valence electrons. The zero-order chi connectivity index (χ0) is 26.9. The average molecular weight is 535 g/mol. The molecule has 0 saturated carbocycles. The molecule has 3 aromatic rings. The van der Waals surface area contributed by atoms with Crippen LogP contribution in [0.25, 0.3) is 11.0 Å². The number of amides is 2. The number of H-pyrrole nitrogens is 1. The molecule has 5 rings (SSSR count). The maximum Gasteiger partial charge on any atom is 0.416 e. The number of hydrogen-bond acceptors (Lipinski definition) is 6. The van der Waals surface area contributed by atoms with Gasteiger partial charge in [0.1, 0.15) is 17.9 Å². The standard InChI is InChI=1S/C25H26F4N6O3/c26-20-14-18(25(27,28)29)3-1-17(20)15-38-24(37)35-7-5-19(6-8-35)33-9-11-34(12-10-33)23(36)16-2-4-21-22(13-16)31-32-30-21/h1-4,13-14,19H,5-12,15H2,(H,30,31,32). The van der Waals surface area contributed by atoms with E-state index in [4.69, 9.17) is 4.74 Å². The molecule has 13 heteroatoms. The van der Waals surface area contributed by atoms with Crippen LogP contribution in [0.1, 0.15) is 34.3 Å². The average Bonchev–Trinajstić information content (AvgIpc) is 3.39. The number of piperazine rings is 1. The summed E-state index contributed by atoms with van der Waals surface area (Å²) >= 11 is 0. The zero-order valence-electron chi connectivity index (χ0n) is 20.4. The number of fused-ring (bicyclic) bond motifs is 1. The number of rotatable bonds is 4. The van der Waals surface area contributed by atoms with Crippen LogP contribution in [0.3, 0.4) is 0 Å². The molecular weight excluding hydrogens is 508 g/mol. The van der Waals surface area contributed by atoms with E-state index in [0.29, 0.717) is 43.3 Å². The first-order valence-corrected chi connectivity index (χ1v) is 12.3. The van der Waals surface area contributed by atoms with Crippen molar-refractivity contribution in [2.24, 2.45) is 0 Å². The topological polar surface area (TPSA) is 94.7 Å². The van der Waals surface area contributed by atoms with Gasteiger partial charge in [0.05, 0.1) is 11.1 Å². The first-order chi connectivity index (χ1) is 18.2. The summed E-state index contributed by atoms with van der Waals surface area (Å²) in [5.74, 6) is -1.11. The van der Waals surface area contributed by atoms with Crippen LogP contribution in [-0.4, -0.2) is 87.4 Å². The fourth-order valence-corrected chi connectivity index (χ4v) is 4.93. The molecule has 2 fully saturated rings. The Bertz CT molecular complexity index is 1310. The van der Waals surface area contributed by atoms with Gasteiger partial charge in [-0.05, 0) is 43.2 Å². The van der Waals surface area contributed by atoms with E-state index in [0.717, 1.165) is 43.6 Å². The predicted molar refractivity (Wildman–Crippen MR) is 128 cm³/mol. The van der Waals surface area contributed by atoms with Gasteiger partial charge in [-0.3, -0.25) is 14.8 Å². The molecule has 3 heterocycles. The number of hydrogen-bond donors (Lipinski definition) is 1. The maximum atomic E-state index is 14.0. The lowest BCUT2D eigenvalue weighted by Gasteiger charge is -2.42. The first kappa shape index (κ1) is 25.9. The fourth-order valence-electron chi connectivity index (χ4n) is 4.93. The van der Waals surface area contributed by atoms with E-state index in [1.807, 2.05) is 4.90 Å². The van der Waals surface area contributed by atoms with Gasteiger partial charge in [-0.25, -0.2) is 9.18 Å². The second-order valence-electron chi connectivity index (χ2n) is 9.45. The molecule has 2 aromatic carbocycles. The molecule has 0 spiro atoms. The molecule has 1 N–H and O–H groups in total. The molecule has 9 nitrogen and oxygen atoms in total. The van der Waals surface area contributed by atoms with Crippen LogP contribution < -0.4 is 0 Å². The number of aromatic nitrogens is 3. The summed E-state index contributed by atoms with van der Waals surface area (Å²) in [6, 6.07) is 7.69. The molecule has 0 atom stereocenters. The van der Waals surface area contributed by atoms with E-state index in [1.165, 1.54) is 4.90 Å². The number of ether oxygens (including phenoxy) is 1. The van der Waals surface area contributed by atoms with Gasteiger partial charge in [-0.15, -0.1) is 5.10 Å². The van der Waals surface area contributed by atoms with E-state index < -0.39 is 30.3 Å². The first-order valence-electron chi connectivity index (χ1n) is 12.3. The highest BCUT2D eigenvalue weighted by atomic mass is 19.4. The van der Waals surface area contributed by atoms with Crippen molar-refractivity contribution in [2.45, 2.75) is 31.7 Å². The number of carbonyl (C=O) groups is 2. The molecular formula is C25H26F4N6O3. The second-order valence-corrected chi connectivity index (χ2v) is 9.45. The van der Waals surface area contributed by atoms with E-state index in [-0.39, 0.29) is 17.5 Å². The van der Waals surface area contributed by atoms with Gasteiger partial charge in [-0.1, -0.05) is 11.3 Å². The summed E-state index contributed by atoms with van der Waals surface area (Å²) in [7, 11) is 0. The number of benzene rings is 2. The lowest BCUT2D eigenvalue weighted by molar-refractivity contribution is -0.137. The van der Waals surface area contributed by atoms with Gasteiger partial charge < -0.3 is 14.5 Å². The number of aromatic amines is 1. The van der Waals surface area contributed by atoms with Crippen molar-refractivity contribution in [3.63, 3.8) is 0 Å². The zero-order valence-corrected chi connectivity index (χ0v) is 20.4. The van der Waals surface area contributed by atoms with E-state index in [1.54, 1.807) is 18.2 Å². The van der Waals surface area contributed by atoms with Crippen molar-refractivity contribution < 1.29 is 31.9 Å². The third-order valence-electron chi connectivity index (χ3n) is 7.14. The minimum Gasteiger partial charge on any atom is -0.444 e. The summed E-state index contributed by atoms with van der Waals surface area (Å²) in [4.78, 5) is 31.0. The number of likely N-dealkylation sites (tertiary alicyclic amines) is 1. The monoisotopic (exact) mass is 534 g/mol. The largest absolute Gasteiger partial charge is 0.444 e. The number of halogens is 4. The molecule has 0 aliphatic carbocycles. The Labute approximate surface area is 215 Å². The Hall–Kier alpha value is -3.74. The Kier molecular flexibility index (Phi) is 7.19. The van der Waals surface area contributed by atoms with Crippen molar-refractivity contribution in [3.8, 4) is 0 Å². The normalized spacial score (nSPS) is 17.7. The molecule has 2 aliphatic heterocycles. The maximum absolute atomic E-state index is 14.0. The van der Waals surface area contributed by atoms with E-state index in [9.17, 15) is 27.2 Å². The molecule has 38 heavy (non-hydrogen) atoms. The minimum atomic E-state index is -4.64. The minimum absolute atomic E-state index is 0.0448. The van der Waals surface area contributed by atoms with Crippen LogP contribution in [0, 0.1) is 5.82 Å². The van der Waals surface area contributed by atoms with Crippen molar-refractivity contribution in [3.05, 3.63) is 58.9 Å². The Morgan fingerprint density at radius 2 is 1.71 bits per heavy atom. The molecule has 2 aliphatic rings.